The van der Waals surface area contributed by atoms with Crippen LogP contribution in [0.25, 0.3) is 17.0 Å². The molecule has 35 heavy (non-hydrogen) atoms. The van der Waals surface area contributed by atoms with E-state index in [0.29, 0.717) is 24.5 Å². The normalized spacial score (nSPS) is 15.2. The zero-order valence-corrected chi connectivity index (χ0v) is 19.1. The Kier molecular flexibility index (Phi) is 5.93. The minimum atomic E-state index is -0.774. The maximum atomic E-state index is 13.1. The number of barbiturate groups is 1. The van der Waals surface area contributed by atoms with Crippen molar-refractivity contribution in [1.29, 1.82) is 0 Å². The van der Waals surface area contributed by atoms with Gasteiger partial charge in [-0.25, -0.2) is 4.79 Å². The van der Waals surface area contributed by atoms with Crippen molar-refractivity contribution >= 4 is 34.8 Å². The maximum Gasteiger partial charge on any atom is 0.331 e. The first kappa shape index (κ1) is 22.2. The van der Waals surface area contributed by atoms with Gasteiger partial charge in [0.15, 0.2) is 0 Å². The Morgan fingerprint density at radius 3 is 2.60 bits per heavy atom. The Balaban J connectivity index is 1.42. The smallest absolute Gasteiger partial charge is 0.331 e. The van der Waals surface area contributed by atoms with Crippen LogP contribution in [0.3, 0.4) is 0 Å². The Labute approximate surface area is 201 Å². The highest BCUT2D eigenvalue weighted by molar-refractivity contribution is 6.31. The minimum Gasteiger partial charge on any atom is -0.491 e. The third-order valence-corrected chi connectivity index (χ3v) is 5.88. The van der Waals surface area contributed by atoms with Gasteiger partial charge < -0.3 is 13.7 Å². The second-order valence-electron chi connectivity index (χ2n) is 8.20. The van der Waals surface area contributed by atoms with Gasteiger partial charge in [0.05, 0.1) is 19.4 Å². The fourth-order valence-corrected chi connectivity index (χ4v) is 4.10. The molecule has 1 aliphatic rings. The highest BCUT2D eigenvalue weighted by Gasteiger charge is 2.36. The van der Waals surface area contributed by atoms with Crippen LogP contribution in [0.2, 0.25) is 0 Å². The van der Waals surface area contributed by atoms with Gasteiger partial charge in [0.25, 0.3) is 11.8 Å². The van der Waals surface area contributed by atoms with Crippen molar-refractivity contribution in [2.24, 2.45) is 0 Å². The number of ether oxygens (including phenoxy) is 1. The number of nitrogens with one attached hydrogen (secondary N) is 1. The van der Waals surface area contributed by atoms with Crippen molar-refractivity contribution in [2.75, 3.05) is 6.61 Å². The van der Waals surface area contributed by atoms with Crippen LogP contribution in [0.1, 0.15) is 16.9 Å². The molecule has 2 aromatic heterocycles. The zero-order valence-electron chi connectivity index (χ0n) is 19.1. The van der Waals surface area contributed by atoms with E-state index < -0.39 is 17.8 Å². The van der Waals surface area contributed by atoms with Crippen molar-refractivity contribution in [3.05, 3.63) is 95.6 Å². The van der Waals surface area contributed by atoms with Crippen molar-refractivity contribution in [3.8, 4) is 5.75 Å². The van der Waals surface area contributed by atoms with Crippen LogP contribution in [-0.4, -0.2) is 33.9 Å². The molecular formula is C27H23N3O5. The molecule has 0 radical (unpaired) electrons. The van der Waals surface area contributed by atoms with E-state index in [4.69, 9.17) is 9.15 Å². The Bertz CT molecular complexity index is 1450. The number of nitrogens with zero attached hydrogens (tertiary/aromatic N) is 2. The molecule has 0 bridgehead atoms. The summed E-state index contributed by atoms with van der Waals surface area (Å²) in [6.07, 6.45) is 4.87. The number of carbonyl (C=O) groups excluding carboxylic acids is 3. The van der Waals surface area contributed by atoms with Crippen molar-refractivity contribution in [3.63, 3.8) is 0 Å². The SMILES string of the molecule is Cc1ccccc1OCCn1cc(C=C2C(=O)NC(=O)N(Cc3ccco3)C2=O)c2ccccc21. The summed E-state index contributed by atoms with van der Waals surface area (Å²) in [6.45, 7) is 2.95. The highest BCUT2D eigenvalue weighted by atomic mass is 16.5. The average molecular weight is 469 g/mol. The molecule has 0 saturated carbocycles. The van der Waals surface area contributed by atoms with E-state index >= 15 is 0 Å². The number of aromatic nitrogens is 1. The minimum absolute atomic E-state index is 0.0692. The summed E-state index contributed by atoms with van der Waals surface area (Å²) < 4.78 is 13.2. The fourth-order valence-electron chi connectivity index (χ4n) is 4.10. The number of benzene rings is 2. The van der Waals surface area contributed by atoms with Crippen LogP contribution in [0.5, 0.6) is 5.75 Å². The summed E-state index contributed by atoms with van der Waals surface area (Å²) in [5.41, 5.74) is 2.59. The van der Waals surface area contributed by atoms with Crippen LogP contribution in [0, 0.1) is 6.92 Å². The molecule has 2 aromatic carbocycles. The molecule has 8 heteroatoms. The van der Waals surface area contributed by atoms with Gasteiger partial charge in [0, 0.05) is 22.7 Å². The molecular weight excluding hydrogens is 446 g/mol. The van der Waals surface area contributed by atoms with E-state index in [-0.39, 0.29) is 12.1 Å². The van der Waals surface area contributed by atoms with E-state index in [2.05, 4.69) is 5.32 Å². The molecule has 1 aliphatic heterocycles. The van der Waals surface area contributed by atoms with Gasteiger partial charge >= 0.3 is 6.03 Å². The summed E-state index contributed by atoms with van der Waals surface area (Å²) in [4.78, 5) is 38.9. The molecule has 0 aliphatic carbocycles. The highest BCUT2D eigenvalue weighted by Crippen LogP contribution is 2.26. The average Bonchev–Trinajstić information content (AvgIpc) is 3.49. The van der Waals surface area contributed by atoms with Gasteiger partial charge in [0.1, 0.15) is 23.7 Å². The number of hydrogen-bond acceptors (Lipinski definition) is 5. The number of carbonyl (C=O) groups is 3. The predicted molar refractivity (Wildman–Crippen MR) is 129 cm³/mol. The molecule has 5 rings (SSSR count). The molecule has 0 atom stereocenters. The van der Waals surface area contributed by atoms with Gasteiger partial charge in [-0.05, 0) is 42.8 Å². The first-order valence-corrected chi connectivity index (χ1v) is 11.2. The first-order valence-electron chi connectivity index (χ1n) is 11.2. The second-order valence-corrected chi connectivity index (χ2v) is 8.20. The molecule has 4 aromatic rings. The lowest BCUT2D eigenvalue weighted by atomic mass is 10.1. The van der Waals surface area contributed by atoms with Gasteiger partial charge in [-0.3, -0.25) is 19.8 Å². The lowest BCUT2D eigenvalue weighted by Gasteiger charge is -2.25. The third-order valence-electron chi connectivity index (χ3n) is 5.88. The largest absolute Gasteiger partial charge is 0.491 e. The number of urea groups is 1. The van der Waals surface area contributed by atoms with Crippen molar-refractivity contribution in [1.82, 2.24) is 14.8 Å². The molecule has 1 N–H and O–H groups in total. The molecule has 0 unspecified atom stereocenters. The van der Waals surface area contributed by atoms with Gasteiger partial charge in [-0.15, -0.1) is 0 Å². The molecule has 4 amide bonds. The number of para-hydroxylation sites is 2. The number of aryl methyl sites for hydroxylation is 1. The Morgan fingerprint density at radius 1 is 1.00 bits per heavy atom. The van der Waals surface area contributed by atoms with Crippen LogP contribution >= 0.6 is 0 Å². The van der Waals surface area contributed by atoms with Crippen molar-refractivity contribution < 1.29 is 23.5 Å². The van der Waals surface area contributed by atoms with Crippen LogP contribution in [0.4, 0.5) is 4.79 Å². The van der Waals surface area contributed by atoms with Gasteiger partial charge in [-0.1, -0.05) is 36.4 Å². The molecule has 1 fully saturated rings. The summed E-state index contributed by atoms with van der Waals surface area (Å²) in [5, 5.41) is 3.13. The van der Waals surface area contributed by atoms with E-state index in [1.54, 1.807) is 12.1 Å². The van der Waals surface area contributed by atoms with Crippen LogP contribution in [-0.2, 0) is 22.7 Å². The molecule has 176 valence electrons. The number of amides is 4. The molecule has 8 nitrogen and oxygen atoms in total. The molecule has 0 spiro atoms. The van der Waals surface area contributed by atoms with E-state index in [0.717, 1.165) is 27.1 Å². The number of furan rings is 1. The standard InChI is InChI=1S/C27H23N3O5/c1-18-7-2-5-11-24(18)35-14-12-29-16-19(21-9-3-4-10-23(21)29)15-22-25(31)28-27(33)30(26(22)32)17-20-8-6-13-34-20/h2-11,13,15-16H,12,14,17H2,1H3,(H,28,31,33). The molecule has 3 heterocycles. The summed E-state index contributed by atoms with van der Waals surface area (Å²) in [7, 11) is 0. The third kappa shape index (κ3) is 4.46. The van der Waals surface area contributed by atoms with Crippen LogP contribution < -0.4 is 10.1 Å². The Hall–Kier alpha value is -4.59. The number of fused-ring (bicyclic) bond motifs is 1. The van der Waals surface area contributed by atoms with Crippen LogP contribution in [0.15, 0.2) is 83.1 Å². The topological polar surface area (TPSA) is 93.8 Å². The van der Waals surface area contributed by atoms with Crippen molar-refractivity contribution in [2.45, 2.75) is 20.0 Å². The number of hydrogen-bond donors (Lipinski definition) is 1. The van der Waals surface area contributed by atoms with Gasteiger partial charge in [-0.2, -0.15) is 0 Å². The van der Waals surface area contributed by atoms with Gasteiger partial charge in [0.2, 0.25) is 0 Å². The summed E-state index contributed by atoms with van der Waals surface area (Å²) in [5.74, 6) is -0.130. The zero-order chi connectivity index (χ0) is 24.4. The summed E-state index contributed by atoms with van der Waals surface area (Å²) >= 11 is 0. The van der Waals surface area contributed by atoms with E-state index in [1.807, 2.05) is 66.2 Å². The molecule has 1 saturated heterocycles. The lowest BCUT2D eigenvalue weighted by molar-refractivity contribution is -0.130. The summed E-state index contributed by atoms with van der Waals surface area (Å²) in [6, 6.07) is 18.1. The maximum absolute atomic E-state index is 13.1. The first-order chi connectivity index (χ1) is 17.0. The monoisotopic (exact) mass is 469 g/mol. The number of rotatable bonds is 7. The lowest BCUT2D eigenvalue weighted by Crippen LogP contribution is -2.53. The number of imide groups is 2. The quantitative estimate of drug-likeness (QED) is 0.322. The van der Waals surface area contributed by atoms with E-state index in [9.17, 15) is 14.4 Å². The predicted octanol–water partition coefficient (Wildman–Crippen LogP) is 4.28. The fraction of sp³-hybridized carbons (Fsp3) is 0.148. The second kappa shape index (κ2) is 9.34. The van der Waals surface area contributed by atoms with E-state index in [1.165, 1.54) is 12.3 Å². The Morgan fingerprint density at radius 2 is 1.80 bits per heavy atom.